The highest BCUT2D eigenvalue weighted by Gasteiger charge is 2.39. The standard InChI is InChI=1S/C17H11Cl2NO2/c18-9-5-6-13-11(7-9)15(10-3-1-2-4-12(10)19)16-14(20-13)8-22-17(16)21/h1-7,15,20H,8H2. The molecule has 0 aliphatic carbocycles. The topological polar surface area (TPSA) is 38.3 Å². The molecule has 0 saturated heterocycles. The molecule has 1 atom stereocenters. The summed E-state index contributed by atoms with van der Waals surface area (Å²) in [5.41, 5.74) is 4.14. The lowest BCUT2D eigenvalue weighted by atomic mass is 9.81. The van der Waals surface area contributed by atoms with Crippen LogP contribution in [0.15, 0.2) is 53.7 Å². The largest absolute Gasteiger partial charge is 0.456 e. The van der Waals surface area contributed by atoms with Crippen molar-refractivity contribution in [2.75, 3.05) is 11.9 Å². The summed E-state index contributed by atoms with van der Waals surface area (Å²) >= 11 is 12.5. The van der Waals surface area contributed by atoms with Crippen LogP contribution in [0.4, 0.5) is 5.69 Å². The Morgan fingerprint density at radius 3 is 2.73 bits per heavy atom. The molecule has 0 aromatic heterocycles. The van der Waals surface area contributed by atoms with Crippen molar-refractivity contribution >= 4 is 34.9 Å². The number of cyclic esters (lactones) is 1. The number of carbonyl (C=O) groups is 1. The predicted molar refractivity (Wildman–Crippen MR) is 86.4 cm³/mol. The Morgan fingerprint density at radius 2 is 1.91 bits per heavy atom. The average molecular weight is 332 g/mol. The van der Waals surface area contributed by atoms with Crippen molar-refractivity contribution in [1.29, 1.82) is 0 Å². The molecule has 3 nitrogen and oxygen atoms in total. The second-order valence-corrected chi connectivity index (χ2v) is 6.12. The highest BCUT2D eigenvalue weighted by Crippen LogP contribution is 2.46. The highest BCUT2D eigenvalue weighted by molar-refractivity contribution is 6.32. The molecular weight excluding hydrogens is 321 g/mol. The zero-order valence-electron chi connectivity index (χ0n) is 11.4. The normalized spacial score (nSPS) is 19.4. The fourth-order valence-electron chi connectivity index (χ4n) is 3.05. The molecular formula is C17H11Cl2NO2. The van der Waals surface area contributed by atoms with E-state index < -0.39 is 0 Å². The van der Waals surface area contributed by atoms with Gasteiger partial charge in [0.2, 0.25) is 0 Å². The van der Waals surface area contributed by atoms with Crippen molar-refractivity contribution in [2.24, 2.45) is 0 Å². The van der Waals surface area contributed by atoms with Gasteiger partial charge in [-0.25, -0.2) is 4.79 Å². The van der Waals surface area contributed by atoms with Gasteiger partial charge in [0.15, 0.2) is 0 Å². The molecule has 2 aromatic carbocycles. The number of esters is 1. The third-order valence-corrected chi connectivity index (χ3v) is 4.59. The van der Waals surface area contributed by atoms with Crippen LogP contribution in [-0.2, 0) is 9.53 Å². The number of fused-ring (bicyclic) bond motifs is 1. The van der Waals surface area contributed by atoms with E-state index in [0.717, 1.165) is 22.5 Å². The number of rotatable bonds is 1. The Kier molecular flexibility index (Phi) is 3.13. The second kappa shape index (κ2) is 5.04. The highest BCUT2D eigenvalue weighted by atomic mass is 35.5. The first-order chi connectivity index (χ1) is 10.6. The van der Waals surface area contributed by atoms with E-state index in [1.165, 1.54) is 0 Å². The lowest BCUT2D eigenvalue weighted by molar-refractivity contribution is -0.136. The fraction of sp³-hybridized carbons (Fsp3) is 0.118. The van der Waals surface area contributed by atoms with Gasteiger partial charge in [0, 0.05) is 21.7 Å². The zero-order valence-corrected chi connectivity index (χ0v) is 12.9. The molecule has 0 spiro atoms. The molecule has 4 rings (SSSR count). The number of benzene rings is 2. The minimum Gasteiger partial charge on any atom is -0.456 e. The molecule has 2 aliphatic rings. The summed E-state index contributed by atoms with van der Waals surface area (Å²) in [6.07, 6.45) is 0. The van der Waals surface area contributed by atoms with Crippen LogP contribution >= 0.6 is 23.2 Å². The third-order valence-electron chi connectivity index (χ3n) is 4.01. The van der Waals surface area contributed by atoms with Gasteiger partial charge in [-0.15, -0.1) is 0 Å². The van der Waals surface area contributed by atoms with E-state index in [1.807, 2.05) is 42.5 Å². The number of halogens is 2. The van der Waals surface area contributed by atoms with Gasteiger partial charge in [0.05, 0.1) is 11.3 Å². The third kappa shape index (κ3) is 2.01. The van der Waals surface area contributed by atoms with Gasteiger partial charge in [-0.3, -0.25) is 0 Å². The fourth-order valence-corrected chi connectivity index (χ4v) is 3.47. The monoisotopic (exact) mass is 331 g/mol. The quantitative estimate of drug-likeness (QED) is 0.789. The molecule has 1 N–H and O–H groups in total. The Hall–Kier alpha value is -1.97. The summed E-state index contributed by atoms with van der Waals surface area (Å²) in [7, 11) is 0. The predicted octanol–water partition coefficient (Wildman–Crippen LogP) is 4.36. The first-order valence-corrected chi connectivity index (χ1v) is 7.62. The van der Waals surface area contributed by atoms with E-state index in [9.17, 15) is 4.79 Å². The van der Waals surface area contributed by atoms with Gasteiger partial charge in [-0.1, -0.05) is 41.4 Å². The molecule has 0 radical (unpaired) electrons. The number of anilines is 1. The maximum atomic E-state index is 12.2. The van der Waals surface area contributed by atoms with Crippen LogP contribution in [0.1, 0.15) is 17.0 Å². The maximum absolute atomic E-state index is 12.2. The molecule has 22 heavy (non-hydrogen) atoms. The summed E-state index contributed by atoms with van der Waals surface area (Å²) < 4.78 is 5.20. The van der Waals surface area contributed by atoms with Crippen molar-refractivity contribution in [1.82, 2.24) is 0 Å². The van der Waals surface area contributed by atoms with E-state index in [1.54, 1.807) is 0 Å². The average Bonchev–Trinajstić information content (AvgIpc) is 2.87. The van der Waals surface area contributed by atoms with Crippen molar-refractivity contribution in [3.63, 3.8) is 0 Å². The molecule has 0 bridgehead atoms. The van der Waals surface area contributed by atoms with Gasteiger partial charge < -0.3 is 10.1 Å². The van der Waals surface area contributed by atoms with Gasteiger partial charge >= 0.3 is 5.97 Å². The van der Waals surface area contributed by atoms with Gasteiger partial charge in [-0.2, -0.15) is 0 Å². The van der Waals surface area contributed by atoms with Crippen molar-refractivity contribution in [3.8, 4) is 0 Å². The molecule has 0 amide bonds. The minimum absolute atomic E-state index is 0.261. The Bertz CT molecular complexity index is 829. The Morgan fingerprint density at radius 1 is 1.09 bits per heavy atom. The summed E-state index contributed by atoms with van der Waals surface area (Å²) in [4.78, 5) is 12.2. The van der Waals surface area contributed by atoms with Crippen LogP contribution in [0.3, 0.4) is 0 Å². The number of nitrogens with one attached hydrogen (secondary N) is 1. The van der Waals surface area contributed by atoms with Crippen LogP contribution in [0.2, 0.25) is 10.0 Å². The molecule has 0 saturated carbocycles. The van der Waals surface area contributed by atoms with Crippen molar-refractivity contribution in [2.45, 2.75) is 5.92 Å². The van der Waals surface area contributed by atoms with E-state index in [4.69, 9.17) is 27.9 Å². The molecule has 2 aliphatic heterocycles. The molecule has 0 fully saturated rings. The first kappa shape index (κ1) is 13.7. The summed E-state index contributed by atoms with van der Waals surface area (Å²) in [6, 6.07) is 13.1. The van der Waals surface area contributed by atoms with Crippen molar-refractivity contribution < 1.29 is 9.53 Å². The molecule has 5 heteroatoms. The van der Waals surface area contributed by atoms with Crippen LogP contribution in [0.5, 0.6) is 0 Å². The molecule has 110 valence electrons. The zero-order chi connectivity index (χ0) is 15.3. The Balaban J connectivity index is 1.99. The van der Waals surface area contributed by atoms with Crippen molar-refractivity contribution in [3.05, 3.63) is 74.9 Å². The number of ether oxygens (including phenoxy) is 1. The Labute approximate surface area is 137 Å². The lowest BCUT2D eigenvalue weighted by Crippen LogP contribution is -2.20. The molecule has 1 unspecified atom stereocenters. The number of hydrogen-bond donors (Lipinski definition) is 1. The van der Waals surface area contributed by atoms with E-state index in [2.05, 4.69) is 5.32 Å². The van der Waals surface area contributed by atoms with Gasteiger partial charge in [0.1, 0.15) is 6.61 Å². The smallest absolute Gasteiger partial charge is 0.337 e. The SMILES string of the molecule is O=C1OCC2=C1C(c1ccccc1Cl)c1cc(Cl)ccc1N2. The van der Waals surface area contributed by atoms with Gasteiger partial charge in [-0.05, 0) is 35.4 Å². The van der Waals surface area contributed by atoms with Crippen LogP contribution in [0, 0.1) is 0 Å². The summed E-state index contributed by atoms with van der Waals surface area (Å²) in [5.74, 6) is -0.577. The van der Waals surface area contributed by atoms with Crippen LogP contribution in [0.25, 0.3) is 0 Å². The summed E-state index contributed by atoms with van der Waals surface area (Å²) in [5, 5.41) is 4.50. The molecule has 2 heterocycles. The van der Waals surface area contributed by atoms with E-state index in [-0.39, 0.29) is 18.5 Å². The van der Waals surface area contributed by atoms with Gasteiger partial charge in [0.25, 0.3) is 0 Å². The van der Waals surface area contributed by atoms with E-state index >= 15 is 0 Å². The summed E-state index contributed by atoms with van der Waals surface area (Å²) in [6.45, 7) is 0.261. The van der Waals surface area contributed by atoms with E-state index in [0.29, 0.717) is 15.6 Å². The van der Waals surface area contributed by atoms with Crippen LogP contribution < -0.4 is 5.32 Å². The first-order valence-electron chi connectivity index (χ1n) is 6.86. The van der Waals surface area contributed by atoms with Crippen LogP contribution in [-0.4, -0.2) is 12.6 Å². The second-order valence-electron chi connectivity index (χ2n) is 5.28. The lowest BCUT2D eigenvalue weighted by Gasteiger charge is -2.27. The maximum Gasteiger partial charge on any atom is 0.337 e. The minimum atomic E-state index is -0.307. The number of hydrogen-bond acceptors (Lipinski definition) is 3. The number of carbonyl (C=O) groups excluding carboxylic acids is 1. The molecule has 2 aromatic rings.